The van der Waals surface area contributed by atoms with Crippen molar-refractivity contribution in [2.45, 2.75) is 45.6 Å². The number of aryl methyl sites for hydroxylation is 1. The minimum Gasteiger partial charge on any atom is -0.481 e. The summed E-state index contributed by atoms with van der Waals surface area (Å²) in [7, 11) is 0. The Kier molecular flexibility index (Phi) is 9.43. The van der Waals surface area contributed by atoms with Crippen LogP contribution in [-0.2, 0) is 21.4 Å². The first-order valence-corrected chi connectivity index (χ1v) is 16.9. The Morgan fingerprint density at radius 3 is 2.12 bits per heavy atom. The van der Waals surface area contributed by atoms with Crippen molar-refractivity contribution in [2.75, 3.05) is 13.1 Å². The molecule has 3 heterocycles. The van der Waals surface area contributed by atoms with Crippen LogP contribution < -0.4 is 5.32 Å². The van der Waals surface area contributed by atoms with Crippen LogP contribution in [0.3, 0.4) is 0 Å². The molecule has 0 bridgehead atoms. The van der Waals surface area contributed by atoms with E-state index in [0.29, 0.717) is 21.8 Å². The molecule has 1 atom stereocenters. The van der Waals surface area contributed by atoms with E-state index >= 15 is 4.39 Å². The molecule has 0 spiro atoms. The fraction of sp³-hybridized carbons (Fsp3) is 0.256. The Balaban J connectivity index is 1.16. The van der Waals surface area contributed by atoms with Gasteiger partial charge in [-0.2, -0.15) is 0 Å². The van der Waals surface area contributed by atoms with E-state index in [1.165, 1.54) is 22.3 Å². The number of nitrogens with one attached hydrogen (secondary N) is 1. The van der Waals surface area contributed by atoms with Gasteiger partial charge in [-0.25, -0.2) is 14.4 Å². The summed E-state index contributed by atoms with van der Waals surface area (Å²) < 4.78 is 15.1. The predicted octanol–water partition coefficient (Wildman–Crippen LogP) is 7.17. The molecule has 5 aromatic rings. The average Bonchev–Trinajstić information content (AvgIpc) is 3.56. The van der Waals surface area contributed by atoms with Crippen LogP contribution >= 0.6 is 11.3 Å². The molecule has 8 nitrogen and oxygen atoms in total. The van der Waals surface area contributed by atoms with Crippen LogP contribution in [0.5, 0.6) is 0 Å². The van der Waals surface area contributed by atoms with Crippen molar-refractivity contribution < 1.29 is 23.9 Å². The van der Waals surface area contributed by atoms with Crippen LogP contribution in [0, 0.1) is 18.7 Å². The lowest BCUT2D eigenvalue weighted by Crippen LogP contribution is -2.59. The zero-order valence-electron chi connectivity index (χ0n) is 27.7. The summed E-state index contributed by atoms with van der Waals surface area (Å²) in [5, 5.41) is 12.2. The fourth-order valence-corrected chi connectivity index (χ4v) is 6.61. The lowest BCUT2D eigenvalue weighted by Gasteiger charge is -2.38. The second-order valence-electron chi connectivity index (χ2n) is 13.5. The largest absolute Gasteiger partial charge is 0.481 e. The van der Waals surface area contributed by atoms with Gasteiger partial charge in [-0.1, -0.05) is 87.0 Å². The maximum atomic E-state index is 15.1. The topological polar surface area (TPSA) is 112 Å². The van der Waals surface area contributed by atoms with Crippen molar-refractivity contribution in [1.29, 1.82) is 0 Å². The highest BCUT2D eigenvalue weighted by Crippen LogP contribution is 2.31. The molecule has 250 valence electrons. The van der Waals surface area contributed by atoms with Crippen molar-refractivity contribution in [3.05, 3.63) is 118 Å². The standard InChI is InChI=1S/C39H37FN4O4S/c1-23-5-9-25(10-6-23)27-13-14-30(31(40)18-27)28-19-41-35(42-20-28)26-11-7-24(8-12-26)17-32(37(46)44-21-29(22-44)38(47)48)43-36(45)33-15-16-34(49-33)39(2,3)4/h5-16,18-20,29,32H,17,21-22H2,1-4H3,(H,43,45)(H,47,48)/t32-/m0/s1. The van der Waals surface area contributed by atoms with Crippen molar-refractivity contribution in [3.8, 4) is 33.6 Å². The van der Waals surface area contributed by atoms with Gasteiger partial charge in [0.05, 0.1) is 10.8 Å². The summed E-state index contributed by atoms with van der Waals surface area (Å²) in [6, 6.07) is 23.2. The van der Waals surface area contributed by atoms with Crippen LogP contribution in [0.1, 0.15) is 46.4 Å². The molecule has 0 saturated carbocycles. The molecule has 3 aromatic carbocycles. The van der Waals surface area contributed by atoms with Crippen molar-refractivity contribution in [3.63, 3.8) is 0 Å². The number of hydrogen-bond acceptors (Lipinski definition) is 6. The zero-order chi connectivity index (χ0) is 34.9. The van der Waals surface area contributed by atoms with Crippen LogP contribution in [0.4, 0.5) is 4.39 Å². The van der Waals surface area contributed by atoms with Gasteiger partial charge in [0.1, 0.15) is 11.9 Å². The third-order valence-corrected chi connectivity index (χ3v) is 10.2. The number of carbonyl (C=O) groups excluding carboxylic acids is 2. The summed E-state index contributed by atoms with van der Waals surface area (Å²) in [5.74, 6) is -2.11. The van der Waals surface area contributed by atoms with Gasteiger partial charge in [0.25, 0.3) is 5.91 Å². The van der Waals surface area contributed by atoms with E-state index in [1.54, 1.807) is 24.5 Å². The molecule has 2 amide bonds. The van der Waals surface area contributed by atoms with Crippen LogP contribution in [-0.4, -0.2) is 56.9 Å². The van der Waals surface area contributed by atoms with E-state index in [0.717, 1.165) is 32.7 Å². The van der Waals surface area contributed by atoms with Crippen molar-refractivity contribution in [1.82, 2.24) is 20.2 Å². The van der Waals surface area contributed by atoms with Gasteiger partial charge in [-0.15, -0.1) is 11.3 Å². The molecule has 6 rings (SSSR count). The molecule has 0 aliphatic carbocycles. The summed E-state index contributed by atoms with van der Waals surface area (Å²) in [6.07, 6.45) is 3.41. The predicted molar refractivity (Wildman–Crippen MR) is 189 cm³/mol. The second-order valence-corrected chi connectivity index (χ2v) is 14.6. The van der Waals surface area contributed by atoms with Crippen molar-refractivity contribution in [2.24, 2.45) is 5.92 Å². The molecule has 0 radical (unpaired) electrons. The SMILES string of the molecule is Cc1ccc(-c2ccc(-c3cnc(-c4ccc(C[C@H](NC(=O)c5ccc(C(C)(C)C)s5)C(=O)N5CC(C(=O)O)C5)cc4)nc3)c(F)c2)cc1. The van der Waals surface area contributed by atoms with E-state index in [-0.39, 0.29) is 42.6 Å². The molecule has 2 aromatic heterocycles. The lowest BCUT2D eigenvalue weighted by atomic mass is 9.95. The van der Waals surface area contributed by atoms with Crippen LogP contribution in [0.15, 0.2) is 91.3 Å². The Morgan fingerprint density at radius 2 is 1.53 bits per heavy atom. The molecule has 1 aliphatic rings. The van der Waals surface area contributed by atoms with Crippen LogP contribution in [0.2, 0.25) is 0 Å². The van der Waals surface area contributed by atoms with Gasteiger partial charge in [0.15, 0.2) is 5.82 Å². The first-order valence-electron chi connectivity index (χ1n) is 16.1. The quantitative estimate of drug-likeness (QED) is 0.171. The maximum Gasteiger partial charge on any atom is 0.310 e. The zero-order valence-corrected chi connectivity index (χ0v) is 28.6. The van der Waals surface area contributed by atoms with E-state index < -0.39 is 17.9 Å². The average molecular weight is 677 g/mol. The number of carboxylic acid groups (broad SMARTS) is 1. The molecule has 1 aliphatic heterocycles. The number of aliphatic carboxylic acids is 1. The smallest absolute Gasteiger partial charge is 0.310 e. The molecule has 1 saturated heterocycles. The highest BCUT2D eigenvalue weighted by molar-refractivity contribution is 7.14. The maximum absolute atomic E-state index is 15.1. The minimum absolute atomic E-state index is 0.112. The number of halogens is 1. The van der Waals surface area contributed by atoms with Gasteiger partial charge in [0.2, 0.25) is 5.91 Å². The van der Waals surface area contributed by atoms with Gasteiger partial charge in [-0.05, 0) is 47.2 Å². The van der Waals surface area contributed by atoms with Crippen LogP contribution in [0.25, 0.3) is 33.6 Å². The lowest BCUT2D eigenvalue weighted by molar-refractivity contribution is -0.153. The monoisotopic (exact) mass is 676 g/mol. The number of carbonyl (C=O) groups is 3. The molecule has 2 N–H and O–H groups in total. The highest BCUT2D eigenvalue weighted by atomic mass is 32.1. The summed E-state index contributed by atoms with van der Waals surface area (Å²) in [5.41, 5.74) is 5.25. The van der Waals surface area contributed by atoms with E-state index in [9.17, 15) is 19.5 Å². The Hall–Kier alpha value is -5.22. The molecule has 10 heteroatoms. The molecule has 0 unspecified atom stereocenters. The first-order chi connectivity index (χ1) is 23.4. The van der Waals surface area contributed by atoms with E-state index in [4.69, 9.17) is 0 Å². The minimum atomic E-state index is -0.940. The highest BCUT2D eigenvalue weighted by Gasteiger charge is 2.39. The molecule has 49 heavy (non-hydrogen) atoms. The number of benzene rings is 3. The number of aromatic nitrogens is 2. The molecular formula is C39H37FN4O4S. The normalized spacial score (nSPS) is 13.9. The number of carboxylic acids is 1. The number of rotatable bonds is 9. The summed E-state index contributed by atoms with van der Waals surface area (Å²) in [6.45, 7) is 8.45. The third-order valence-electron chi connectivity index (χ3n) is 8.68. The second kappa shape index (κ2) is 13.7. The molecule has 1 fully saturated rings. The number of nitrogens with zero attached hydrogens (tertiary/aromatic N) is 3. The number of thiophene rings is 1. The van der Waals surface area contributed by atoms with Gasteiger partial charge >= 0.3 is 5.97 Å². The Bertz CT molecular complexity index is 2000. The molecular weight excluding hydrogens is 640 g/mol. The summed E-state index contributed by atoms with van der Waals surface area (Å²) >= 11 is 1.39. The van der Waals surface area contributed by atoms with Crippen molar-refractivity contribution >= 4 is 29.1 Å². The van der Waals surface area contributed by atoms with Gasteiger partial charge < -0.3 is 15.3 Å². The summed E-state index contributed by atoms with van der Waals surface area (Å²) in [4.78, 5) is 50.1. The fourth-order valence-electron chi connectivity index (χ4n) is 5.64. The van der Waals surface area contributed by atoms with E-state index in [1.807, 2.05) is 67.6 Å². The number of hydrogen-bond donors (Lipinski definition) is 2. The van der Waals surface area contributed by atoms with Gasteiger partial charge in [-0.3, -0.25) is 14.4 Å². The van der Waals surface area contributed by atoms with E-state index in [2.05, 4.69) is 36.1 Å². The Morgan fingerprint density at radius 1 is 0.898 bits per heavy atom. The van der Waals surface area contributed by atoms with Gasteiger partial charge in [0, 0.05) is 53.5 Å². The number of amides is 2. The number of likely N-dealkylation sites (tertiary alicyclic amines) is 1. The Labute approximate surface area is 288 Å². The first kappa shape index (κ1) is 33.7. The third kappa shape index (κ3) is 7.60.